The maximum absolute atomic E-state index is 5.89. The minimum Gasteiger partial charge on any atom is -0.307 e. The summed E-state index contributed by atoms with van der Waals surface area (Å²) in [5.41, 5.74) is 1.23. The summed E-state index contributed by atoms with van der Waals surface area (Å²) in [6.45, 7) is 8.17. The van der Waals surface area contributed by atoms with Gasteiger partial charge in [-0.3, -0.25) is 0 Å². The van der Waals surface area contributed by atoms with Crippen molar-refractivity contribution in [1.82, 2.24) is 25.5 Å². The van der Waals surface area contributed by atoms with E-state index in [2.05, 4.69) is 41.6 Å². The van der Waals surface area contributed by atoms with Crippen LogP contribution >= 0.6 is 11.6 Å². The highest BCUT2D eigenvalue weighted by atomic mass is 35.5. The summed E-state index contributed by atoms with van der Waals surface area (Å²) in [6, 6.07) is 8.03. The molecule has 0 saturated carbocycles. The van der Waals surface area contributed by atoms with Crippen LogP contribution in [0, 0.1) is 5.92 Å². The Bertz CT molecular complexity index is 549. The molecule has 1 aromatic carbocycles. The fraction of sp³-hybridized carbons (Fsp3) is 0.533. The van der Waals surface area contributed by atoms with Crippen LogP contribution in [0.15, 0.2) is 24.3 Å². The van der Waals surface area contributed by atoms with Crippen LogP contribution in [0.4, 0.5) is 0 Å². The lowest BCUT2D eigenvalue weighted by atomic mass is 10.1. The maximum Gasteiger partial charge on any atom is 0.167 e. The van der Waals surface area contributed by atoms with E-state index in [0.29, 0.717) is 5.92 Å². The van der Waals surface area contributed by atoms with Gasteiger partial charge in [-0.05, 0) is 53.9 Å². The van der Waals surface area contributed by atoms with Gasteiger partial charge in [-0.1, -0.05) is 37.6 Å². The highest BCUT2D eigenvalue weighted by Crippen LogP contribution is 2.12. The fourth-order valence-corrected chi connectivity index (χ4v) is 2.20. The lowest BCUT2D eigenvalue weighted by molar-refractivity contribution is 0.453. The van der Waals surface area contributed by atoms with E-state index in [1.54, 1.807) is 0 Å². The third-order valence-electron chi connectivity index (χ3n) is 3.30. The van der Waals surface area contributed by atoms with Crippen molar-refractivity contribution in [1.29, 1.82) is 0 Å². The van der Waals surface area contributed by atoms with E-state index in [4.69, 9.17) is 11.6 Å². The lowest BCUT2D eigenvalue weighted by Gasteiger charge is -2.15. The topological polar surface area (TPSA) is 55.6 Å². The molecule has 0 saturated heterocycles. The van der Waals surface area contributed by atoms with Gasteiger partial charge in [0.05, 0.1) is 6.04 Å². The number of benzene rings is 1. The van der Waals surface area contributed by atoms with Crippen molar-refractivity contribution in [2.24, 2.45) is 5.92 Å². The summed E-state index contributed by atoms with van der Waals surface area (Å²) >= 11 is 5.89. The van der Waals surface area contributed by atoms with Gasteiger partial charge in [-0.25, -0.2) is 4.68 Å². The number of aromatic nitrogens is 4. The van der Waals surface area contributed by atoms with Crippen molar-refractivity contribution in [3.63, 3.8) is 0 Å². The molecule has 1 heterocycles. The van der Waals surface area contributed by atoms with E-state index in [1.165, 1.54) is 5.56 Å². The van der Waals surface area contributed by atoms with E-state index in [0.717, 1.165) is 30.4 Å². The molecule has 0 aliphatic rings. The van der Waals surface area contributed by atoms with Crippen LogP contribution in [-0.2, 0) is 13.0 Å². The predicted octanol–water partition coefficient (Wildman–Crippen LogP) is 2.88. The Balaban J connectivity index is 1.95. The molecule has 1 N–H and O–H groups in total. The molecule has 0 radical (unpaired) electrons. The summed E-state index contributed by atoms with van der Waals surface area (Å²) in [7, 11) is 0. The molecule has 0 aliphatic carbocycles. The van der Waals surface area contributed by atoms with Gasteiger partial charge in [0, 0.05) is 11.6 Å². The number of hydrogen-bond donors (Lipinski definition) is 1. The molecular weight excluding hydrogens is 286 g/mol. The van der Waals surface area contributed by atoms with Crippen molar-refractivity contribution in [3.8, 4) is 0 Å². The molecule has 5 nitrogen and oxygen atoms in total. The molecule has 1 unspecified atom stereocenters. The van der Waals surface area contributed by atoms with Crippen LogP contribution in [0.2, 0.25) is 5.02 Å². The van der Waals surface area contributed by atoms with Gasteiger partial charge in [0.15, 0.2) is 5.82 Å². The van der Waals surface area contributed by atoms with E-state index >= 15 is 0 Å². The molecule has 2 rings (SSSR count). The first-order valence-corrected chi connectivity index (χ1v) is 7.68. The third kappa shape index (κ3) is 4.79. The first kappa shape index (κ1) is 15.9. The number of hydrogen-bond acceptors (Lipinski definition) is 4. The number of nitrogens with zero attached hydrogens (tertiary/aromatic N) is 4. The third-order valence-corrected chi connectivity index (χ3v) is 3.56. The first-order valence-electron chi connectivity index (χ1n) is 7.30. The summed E-state index contributed by atoms with van der Waals surface area (Å²) in [4.78, 5) is 0. The Morgan fingerprint density at radius 2 is 1.90 bits per heavy atom. The standard InChI is InChI=1S/C15H22ClN5/c1-11(2)10-17-12(3)15-18-19-20-21(15)9-8-13-4-6-14(16)7-5-13/h4-7,11-12,17H,8-10H2,1-3H3. The molecular formula is C15H22ClN5. The van der Waals surface area contributed by atoms with Gasteiger partial charge in [-0.2, -0.15) is 0 Å². The molecule has 6 heteroatoms. The first-order chi connectivity index (χ1) is 10.1. The minimum atomic E-state index is 0.146. The zero-order chi connectivity index (χ0) is 15.2. The number of tetrazole rings is 1. The molecule has 0 aliphatic heterocycles. The van der Waals surface area contributed by atoms with E-state index in [-0.39, 0.29) is 6.04 Å². The Hall–Kier alpha value is -1.46. The van der Waals surface area contributed by atoms with Gasteiger partial charge < -0.3 is 5.32 Å². The summed E-state index contributed by atoms with van der Waals surface area (Å²) in [6.07, 6.45) is 0.881. The van der Waals surface area contributed by atoms with Gasteiger partial charge in [0.25, 0.3) is 0 Å². The lowest BCUT2D eigenvalue weighted by Crippen LogP contribution is -2.26. The Morgan fingerprint density at radius 1 is 1.19 bits per heavy atom. The van der Waals surface area contributed by atoms with Gasteiger partial charge in [0.2, 0.25) is 0 Å². The van der Waals surface area contributed by atoms with Crippen molar-refractivity contribution in [3.05, 3.63) is 40.7 Å². The maximum atomic E-state index is 5.89. The Labute approximate surface area is 130 Å². The second kappa shape index (κ2) is 7.52. The van der Waals surface area contributed by atoms with Crippen LogP contribution in [-0.4, -0.2) is 26.8 Å². The zero-order valence-electron chi connectivity index (χ0n) is 12.8. The zero-order valence-corrected chi connectivity index (χ0v) is 13.5. The molecule has 0 bridgehead atoms. The average Bonchev–Trinajstić information content (AvgIpc) is 2.92. The van der Waals surface area contributed by atoms with Gasteiger partial charge in [-0.15, -0.1) is 5.10 Å². The quantitative estimate of drug-likeness (QED) is 0.854. The molecule has 21 heavy (non-hydrogen) atoms. The van der Waals surface area contributed by atoms with Crippen LogP contribution in [0.5, 0.6) is 0 Å². The second-order valence-corrected chi connectivity index (χ2v) is 6.10. The van der Waals surface area contributed by atoms with Crippen molar-refractivity contribution < 1.29 is 0 Å². The smallest absolute Gasteiger partial charge is 0.167 e. The number of aryl methyl sites for hydroxylation is 2. The van der Waals surface area contributed by atoms with Crippen molar-refractivity contribution in [2.75, 3.05) is 6.54 Å². The second-order valence-electron chi connectivity index (χ2n) is 5.66. The highest BCUT2D eigenvalue weighted by Gasteiger charge is 2.14. The normalized spacial score (nSPS) is 12.8. The van der Waals surface area contributed by atoms with E-state index < -0.39 is 0 Å². The summed E-state index contributed by atoms with van der Waals surface area (Å²) < 4.78 is 1.87. The predicted molar refractivity (Wildman–Crippen MR) is 84.2 cm³/mol. The molecule has 0 amide bonds. The summed E-state index contributed by atoms with van der Waals surface area (Å²) in [5.74, 6) is 1.48. The Kier molecular flexibility index (Phi) is 5.70. The SMILES string of the molecule is CC(C)CNC(C)c1nnnn1CCc1ccc(Cl)cc1. The number of nitrogens with one attached hydrogen (secondary N) is 1. The van der Waals surface area contributed by atoms with Crippen molar-refractivity contribution >= 4 is 11.6 Å². The fourth-order valence-electron chi connectivity index (χ4n) is 2.07. The molecule has 2 aromatic rings. The molecule has 0 spiro atoms. The van der Waals surface area contributed by atoms with Crippen LogP contribution < -0.4 is 5.32 Å². The van der Waals surface area contributed by atoms with Crippen LogP contribution in [0.1, 0.15) is 38.2 Å². The average molecular weight is 308 g/mol. The largest absolute Gasteiger partial charge is 0.307 e. The number of halogens is 1. The molecule has 1 aromatic heterocycles. The molecule has 114 valence electrons. The monoisotopic (exact) mass is 307 g/mol. The number of rotatable bonds is 7. The van der Waals surface area contributed by atoms with E-state index in [9.17, 15) is 0 Å². The van der Waals surface area contributed by atoms with Crippen LogP contribution in [0.25, 0.3) is 0 Å². The highest BCUT2D eigenvalue weighted by molar-refractivity contribution is 6.30. The molecule has 0 fully saturated rings. The van der Waals surface area contributed by atoms with Gasteiger partial charge in [0.1, 0.15) is 0 Å². The van der Waals surface area contributed by atoms with Gasteiger partial charge >= 0.3 is 0 Å². The minimum absolute atomic E-state index is 0.146. The molecule has 1 atom stereocenters. The van der Waals surface area contributed by atoms with Crippen molar-refractivity contribution in [2.45, 2.75) is 39.8 Å². The van der Waals surface area contributed by atoms with E-state index in [1.807, 2.05) is 28.9 Å². The summed E-state index contributed by atoms with van der Waals surface area (Å²) in [5, 5.41) is 16.2. The Morgan fingerprint density at radius 3 is 2.57 bits per heavy atom. The van der Waals surface area contributed by atoms with Crippen LogP contribution in [0.3, 0.4) is 0 Å².